The summed E-state index contributed by atoms with van der Waals surface area (Å²) in [6.07, 6.45) is 1.63. The molecule has 3 heteroatoms. The van der Waals surface area contributed by atoms with E-state index in [1.54, 1.807) is 11.3 Å². The number of aliphatic hydroxyl groups excluding tert-OH is 1. The van der Waals surface area contributed by atoms with Crippen molar-refractivity contribution in [2.45, 2.75) is 33.3 Å². The Balaban J connectivity index is 2.39. The molecule has 0 saturated heterocycles. The molecular weight excluding hydrogens is 232 g/mol. The van der Waals surface area contributed by atoms with Crippen LogP contribution in [0.5, 0.6) is 0 Å². The molecule has 0 aliphatic carbocycles. The lowest BCUT2D eigenvalue weighted by molar-refractivity contribution is 0.112. The van der Waals surface area contributed by atoms with Gasteiger partial charge < -0.3 is 9.84 Å². The predicted octanol–water partition coefficient (Wildman–Crippen LogP) is 3.04. The molecule has 0 aliphatic heterocycles. The summed E-state index contributed by atoms with van der Waals surface area (Å²) in [7, 11) is 0. The van der Waals surface area contributed by atoms with Gasteiger partial charge in [-0.1, -0.05) is 25.7 Å². The van der Waals surface area contributed by atoms with E-state index in [0.29, 0.717) is 18.9 Å². The Morgan fingerprint density at radius 1 is 1.47 bits per heavy atom. The fraction of sp³-hybridized carbons (Fsp3) is 0.571. The molecule has 0 bridgehead atoms. The van der Waals surface area contributed by atoms with Crippen molar-refractivity contribution >= 4 is 11.3 Å². The van der Waals surface area contributed by atoms with Gasteiger partial charge in [-0.05, 0) is 23.8 Å². The zero-order valence-electron chi connectivity index (χ0n) is 10.5. The molecule has 94 valence electrons. The highest BCUT2D eigenvalue weighted by Crippen LogP contribution is 2.17. The first kappa shape index (κ1) is 14.2. The number of ether oxygens (including phenoxy) is 1. The molecule has 17 heavy (non-hydrogen) atoms. The molecule has 0 unspecified atom stereocenters. The van der Waals surface area contributed by atoms with Crippen molar-refractivity contribution in [3.05, 3.63) is 21.9 Å². The van der Waals surface area contributed by atoms with Crippen molar-refractivity contribution in [1.82, 2.24) is 0 Å². The third-order valence-electron chi connectivity index (χ3n) is 2.28. The van der Waals surface area contributed by atoms with Crippen molar-refractivity contribution in [1.29, 1.82) is 0 Å². The number of aliphatic hydroxyl groups is 1. The summed E-state index contributed by atoms with van der Waals surface area (Å²) < 4.78 is 5.63. The molecule has 0 atom stereocenters. The van der Waals surface area contributed by atoms with E-state index in [-0.39, 0.29) is 6.61 Å². The number of hydrogen-bond donors (Lipinski definition) is 1. The normalized spacial score (nSPS) is 10.4. The third kappa shape index (κ3) is 5.88. The molecule has 0 aromatic carbocycles. The highest BCUT2D eigenvalue weighted by Gasteiger charge is 2.02. The van der Waals surface area contributed by atoms with Crippen molar-refractivity contribution in [2.24, 2.45) is 5.92 Å². The molecule has 1 rings (SSSR count). The van der Waals surface area contributed by atoms with Crippen molar-refractivity contribution in [2.75, 3.05) is 13.2 Å². The largest absolute Gasteiger partial charge is 0.395 e. The van der Waals surface area contributed by atoms with E-state index in [9.17, 15) is 0 Å². The molecular formula is C14H20O2S. The fourth-order valence-corrected chi connectivity index (χ4v) is 2.03. The van der Waals surface area contributed by atoms with Crippen molar-refractivity contribution in [3.8, 4) is 11.8 Å². The monoisotopic (exact) mass is 252 g/mol. The van der Waals surface area contributed by atoms with Gasteiger partial charge >= 0.3 is 0 Å². The van der Waals surface area contributed by atoms with E-state index in [1.807, 2.05) is 11.4 Å². The molecule has 0 saturated carbocycles. The first-order valence-corrected chi connectivity index (χ1v) is 6.86. The van der Waals surface area contributed by atoms with Crippen LogP contribution in [0.2, 0.25) is 0 Å². The van der Waals surface area contributed by atoms with Crippen LogP contribution in [0.1, 0.15) is 37.1 Å². The van der Waals surface area contributed by atoms with Gasteiger partial charge in [0, 0.05) is 23.5 Å². The zero-order valence-corrected chi connectivity index (χ0v) is 11.3. The number of thiophene rings is 1. The summed E-state index contributed by atoms with van der Waals surface area (Å²) in [5, 5.41) is 10.7. The SMILES string of the molecule is CC(C)CCOCc1sccc1C#CCCO. The van der Waals surface area contributed by atoms with E-state index in [0.717, 1.165) is 18.6 Å². The van der Waals surface area contributed by atoms with Crippen LogP contribution in [0.15, 0.2) is 11.4 Å². The van der Waals surface area contributed by atoms with Crippen molar-refractivity contribution < 1.29 is 9.84 Å². The standard InChI is InChI=1S/C14H20O2S/c1-12(2)6-9-16-11-14-13(7-10-17-14)5-3-4-8-15/h7,10,12,15H,4,6,8-9,11H2,1-2H3. The topological polar surface area (TPSA) is 29.5 Å². The van der Waals surface area contributed by atoms with Crippen molar-refractivity contribution in [3.63, 3.8) is 0 Å². The Kier molecular flexibility index (Phi) is 6.95. The van der Waals surface area contributed by atoms with Gasteiger partial charge in [0.25, 0.3) is 0 Å². The van der Waals surface area contributed by atoms with Crippen LogP contribution in [0.3, 0.4) is 0 Å². The lowest BCUT2D eigenvalue weighted by Gasteiger charge is -2.05. The first-order valence-electron chi connectivity index (χ1n) is 5.98. The Morgan fingerprint density at radius 2 is 2.29 bits per heavy atom. The smallest absolute Gasteiger partial charge is 0.0821 e. The van der Waals surface area contributed by atoms with Gasteiger partial charge in [-0.25, -0.2) is 0 Å². The molecule has 0 fully saturated rings. The van der Waals surface area contributed by atoms with Gasteiger partial charge in [0.05, 0.1) is 13.2 Å². The molecule has 0 spiro atoms. The Bertz CT molecular complexity index is 371. The predicted molar refractivity (Wildman–Crippen MR) is 72.0 cm³/mol. The Labute approximate surface area is 108 Å². The molecule has 2 nitrogen and oxygen atoms in total. The lowest BCUT2D eigenvalue weighted by atomic mass is 10.1. The van der Waals surface area contributed by atoms with Crippen LogP contribution in [-0.2, 0) is 11.3 Å². The summed E-state index contributed by atoms with van der Waals surface area (Å²) in [6, 6.07) is 2.01. The van der Waals surface area contributed by atoms with Crippen LogP contribution < -0.4 is 0 Å². The van der Waals surface area contributed by atoms with Gasteiger partial charge in [-0.15, -0.1) is 11.3 Å². The molecule has 1 aromatic rings. The average Bonchev–Trinajstić information content (AvgIpc) is 2.72. The summed E-state index contributed by atoms with van der Waals surface area (Å²) in [4.78, 5) is 1.18. The minimum absolute atomic E-state index is 0.122. The molecule has 1 N–H and O–H groups in total. The summed E-state index contributed by atoms with van der Waals surface area (Å²) in [6.45, 7) is 5.96. The van der Waals surface area contributed by atoms with E-state index < -0.39 is 0 Å². The second-order valence-electron chi connectivity index (χ2n) is 4.27. The maximum atomic E-state index is 8.66. The summed E-state index contributed by atoms with van der Waals surface area (Å²) in [5.41, 5.74) is 1.04. The summed E-state index contributed by atoms with van der Waals surface area (Å²) >= 11 is 1.68. The number of rotatable bonds is 6. The highest BCUT2D eigenvalue weighted by molar-refractivity contribution is 7.10. The van der Waals surface area contributed by atoms with Gasteiger partial charge in [-0.2, -0.15) is 0 Å². The third-order valence-corrected chi connectivity index (χ3v) is 3.17. The van der Waals surface area contributed by atoms with Crippen LogP contribution in [0.4, 0.5) is 0 Å². The maximum Gasteiger partial charge on any atom is 0.0821 e. The Hall–Kier alpha value is -0.820. The molecule has 0 aliphatic rings. The van der Waals surface area contributed by atoms with E-state index in [4.69, 9.17) is 9.84 Å². The fourth-order valence-electron chi connectivity index (χ4n) is 1.26. The maximum absolute atomic E-state index is 8.66. The van der Waals surface area contributed by atoms with E-state index in [2.05, 4.69) is 25.7 Å². The van der Waals surface area contributed by atoms with E-state index >= 15 is 0 Å². The van der Waals surface area contributed by atoms with Gasteiger partial charge in [0.2, 0.25) is 0 Å². The lowest BCUT2D eigenvalue weighted by Crippen LogP contribution is -1.99. The minimum Gasteiger partial charge on any atom is -0.395 e. The average molecular weight is 252 g/mol. The van der Waals surface area contributed by atoms with Gasteiger partial charge in [0.15, 0.2) is 0 Å². The highest BCUT2D eigenvalue weighted by atomic mass is 32.1. The molecule has 1 aromatic heterocycles. The van der Waals surface area contributed by atoms with Crippen LogP contribution in [-0.4, -0.2) is 18.3 Å². The van der Waals surface area contributed by atoms with E-state index in [1.165, 1.54) is 4.88 Å². The Morgan fingerprint density at radius 3 is 3.00 bits per heavy atom. The number of hydrogen-bond acceptors (Lipinski definition) is 3. The van der Waals surface area contributed by atoms with Gasteiger partial charge in [-0.3, -0.25) is 0 Å². The van der Waals surface area contributed by atoms with Crippen LogP contribution >= 0.6 is 11.3 Å². The second-order valence-corrected chi connectivity index (χ2v) is 5.27. The molecule has 0 amide bonds. The van der Waals surface area contributed by atoms with Crippen LogP contribution in [0, 0.1) is 17.8 Å². The molecule has 1 heterocycles. The zero-order chi connectivity index (χ0) is 12.5. The summed E-state index contributed by atoms with van der Waals surface area (Å²) in [5.74, 6) is 6.68. The second kappa shape index (κ2) is 8.30. The minimum atomic E-state index is 0.122. The van der Waals surface area contributed by atoms with Gasteiger partial charge in [0.1, 0.15) is 0 Å². The first-order chi connectivity index (χ1) is 8.24. The van der Waals surface area contributed by atoms with Crippen LogP contribution in [0.25, 0.3) is 0 Å². The molecule has 0 radical (unpaired) electrons. The quantitative estimate of drug-likeness (QED) is 0.623.